The van der Waals surface area contributed by atoms with Crippen LogP contribution >= 0.6 is 15.9 Å². The van der Waals surface area contributed by atoms with E-state index in [1.165, 1.54) is 0 Å². The maximum absolute atomic E-state index is 5.47. The minimum atomic E-state index is -0.0903. The van der Waals surface area contributed by atoms with Crippen molar-refractivity contribution in [1.29, 1.82) is 0 Å². The number of pyridine rings is 1. The van der Waals surface area contributed by atoms with Gasteiger partial charge in [0.05, 0.1) is 12.2 Å². The van der Waals surface area contributed by atoms with Crippen molar-refractivity contribution < 1.29 is 0 Å². The largest absolute Gasteiger partial charge is 0.271 e. The molecule has 4 N–H and O–H groups in total. The fourth-order valence-electron chi connectivity index (χ4n) is 1.36. The van der Waals surface area contributed by atoms with E-state index >= 15 is 0 Å². The minimum absolute atomic E-state index is 0.0903. The fourth-order valence-corrected chi connectivity index (χ4v) is 1.60. The van der Waals surface area contributed by atoms with Gasteiger partial charge in [0.2, 0.25) is 0 Å². The first kappa shape index (κ1) is 11.2. The summed E-state index contributed by atoms with van der Waals surface area (Å²) in [5.74, 6) is 5.47. The summed E-state index contributed by atoms with van der Waals surface area (Å²) < 4.78 is 0.954. The van der Waals surface area contributed by atoms with E-state index in [0.29, 0.717) is 6.42 Å². The van der Waals surface area contributed by atoms with Crippen LogP contribution in [0.5, 0.6) is 0 Å². The molecule has 6 nitrogen and oxygen atoms in total. The van der Waals surface area contributed by atoms with Crippen LogP contribution in [-0.2, 0) is 6.42 Å². The molecule has 0 aliphatic carbocycles. The van der Waals surface area contributed by atoms with E-state index in [-0.39, 0.29) is 6.04 Å². The summed E-state index contributed by atoms with van der Waals surface area (Å²) in [7, 11) is 0. The molecular weight excluding hydrogens is 272 g/mol. The Morgan fingerprint density at radius 1 is 1.44 bits per heavy atom. The molecule has 1 atom stereocenters. The van der Waals surface area contributed by atoms with Crippen LogP contribution in [0.2, 0.25) is 0 Å². The zero-order chi connectivity index (χ0) is 11.4. The Morgan fingerprint density at radius 2 is 2.31 bits per heavy atom. The molecule has 84 valence electrons. The molecule has 0 saturated carbocycles. The summed E-state index contributed by atoms with van der Waals surface area (Å²) in [5.41, 5.74) is 4.40. The number of nitrogens with zero attached hydrogens (tertiary/aromatic N) is 3. The lowest BCUT2D eigenvalue weighted by Gasteiger charge is -2.11. The number of hydrogen-bond acceptors (Lipinski definition) is 5. The van der Waals surface area contributed by atoms with Gasteiger partial charge in [-0.05, 0) is 28.1 Å². The summed E-state index contributed by atoms with van der Waals surface area (Å²) in [6.07, 6.45) is 4.06. The van der Waals surface area contributed by atoms with Gasteiger partial charge in [-0.25, -0.2) is 0 Å². The zero-order valence-electron chi connectivity index (χ0n) is 8.39. The van der Waals surface area contributed by atoms with Gasteiger partial charge < -0.3 is 0 Å². The van der Waals surface area contributed by atoms with Crippen LogP contribution in [0, 0.1) is 0 Å². The SMILES string of the molecule is NNC(Cc1ccc(Br)cn1)c1cn[nH]n1. The second-order valence-electron chi connectivity index (χ2n) is 3.29. The van der Waals surface area contributed by atoms with Crippen molar-refractivity contribution in [3.05, 3.63) is 40.4 Å². The Kier molecular flexibility index (Phi) is 3.60. The highest BCUT2D eigenvalue weighted by atomic mass is 79.9. The minimum Gasteiger partial charge on any atom is -0.271 e. The smallest absolute Gasteiger partial charge is 0.101 e. The number of H-pyrrole nitrogens is 1. The molecule has 0 saturated heterocycles. The van der Waals surface area contributed by atoms with Crippen molar-refractivity contribution >= 4 is 15.9 Å². The molecule has 2 heterocycles. The molecule has 0 amide bonds. The van der Waals surface area contributed by atoms with Crippen LogP contribution in [0.15, 0.2) is 29.0 Å². The van der Waals surface area contributed by atoms with Gasteiger partial charge in [0.15, 0.2) is 0 Å². The lowest BCUT2D eigenvalue weighted by atomic mass is 10.1. The predicted octanol–water partition coefficient (Wildman–Crippen LogP) is 0.709. The first-order valence-corrected chi connectivity index (χ1v) is 5.51. The highest BCUT2D eigenvalue weighted by molar-refractivity contribution is 9.10. The number of halogens is 1. The molecule has 0 bridgehead atoms. The number of aromatic amines is 1. The molecule has 16 heavy (non-hydrogen) atoms. The molecule has 0 spiro atoms. The van der Waals surface area contributed by atoms with Crippen LogP contribution < -0.4 is 11.3 Å². The number of hydrazine groups is 1. The summed E-state index contributed by atoms with van der Waals surface area (Å²) >= 11 is 3.34. The normalized spacial score (nSPS) is 12.6. The Bertz CT molecular complexity index is 426. The average molecular weight is 283 g/mol. The van der Waals surface area contributed by atoms with Gasteiger partial charge in [-0.3, -0.25) is 16.3 Å². The van der Waals surface area contributed by atoms with Crippen molar-refractivity contribution in [2.24, 2.45) is 5.84 Å². The maximum Gasteiger partial charge on any atom is 0.101 e. The van der Waals surface area contributed by atoms with E-state index in [1.807, 2.05) is 12.1 Å². The summed E-state index contributed by atoms with van der Waals surface area (Å²) in [6.45, 7) is 0. The highest BCUT2D eigenvalue weighted by Gasteiger charge is 2.13. The van der Waals surface area contributed by atoms with Crippen LogP contribution in [-0.4, -0.2) is 20.4 Å². The molecule has 0 radical (unpaired) electrons. The van der Waals surface area contributed by atoms with Crippen molar-refractivity contribution in [2.45, 2.75) is 12.5 Å². The number of aromatic nitrogens is 4. The molecule has 0 aliphatic rings. The van der Waals surface area contributed by atoms with Crippen molar-refractivity contribution in [3.63, 3.8) is 0 Å². The third kappa shape index (κ3) is 2.63. The van der Waals surface area contributed by atoms with E-state index in [4.69, 9.17) is 5.84 Å². The van der Waals surface area contributed by atoms with Crippen LogP contribution in [0.25, 0.3) is 0 Å². The molecule has 0 fully saturated rings. The van der Waals surface area contributed by atoms with Gasteiger partial charge in [-0.15, -0.1) is 0 Å². The van der Waals surface area contributed by atoms with Crippen LogP contribution in [0.3, 0.4) is 0 Å². The van der Waals surface area contributed by atoms with E-state index in [0.717, 1.165) is 15.9 Å². The fraction of sp³-hybridized carbons (Fsp3) is 0.222. The zero-order valence-corrected chi connectivity index (χ0v) is 9.98. The number of nitrogens with one attached hydrogen (secondary N) is 2. The first-order valence-electron chi connectivity index (χ1n) is 4.72. The monoisotopic (exact) mass is 282 g/mol. The predicted molar refractivity (Wildman–Crippen MR) is 62.1 cm³/mol. The molecule has 7 heteroatoms. The van der Waals surface area contributed by atoms with Gasteiger partial charge in [0, 0.05) is 22.8 Å². The van der Waals surface area contributed by atoms with Gasteiger partial charge in [-0.2, -0.15) is 15.4 Å². The summed E-state index contributed by atoms with van der Waals surface area (Å²) in [4.78, 5) is 4.28. The van der Waals surface area contributed by atoms with Crippen LogP contribution in [0.4, 0.5) is 0 Å². The van der Waals surface area contributed by atoms with Gasteiger partial charge in [0.1, 0.15) is 5.69 Å². The lowest BCUT2D eigenvalue weighted by Crippen LogP contribution is -2.30. The molecule has 2 aromatic rings. The molecule has 1 unspecified atom stereocenters. The Balaban J connectivity index is 2.10. The molecule has 2 aromatic heterocycles. The van der Waals surface area contributed by atoms with Crippen molar-refractivity contribution in [1.82, 2.24) is 25.8 Å². The quantitative estimate of drug-likeness (QED) is 0.567. The highest BCUT2D eigenvalue weighted by Crippen LogP contribution is 2.14. The van der Waals surface area contributed by atoms with Crippen molar-refractivity contribution in [3.8, 4) is 0 Å². The Hall–Kier alpha value is -1.31. The molecule has 0 aromatic carbocycles. The second kappa shape index (κ2) is 5.15. The van der Waals surface area contributed by atoms with E-state index < -0.39 is 0 Å². The maximum atomic E-state index is 5.47. The van der Waals surface area contributed by atoms with E-state index in [1.54, 1.807) is 12.4 Å². The standard InChI is InChI=1S/C9H11BrN6/c10-6-1-2-7(12-4-6)3-8(14-11)9-5-13-16-15-9/h1-2,4-5,8,14H,3,11H2,(H,13,15,16). The van der Waals surface area contributed by atoms with Gasteiger partial charge >= 0.3 is 0 Å². The first-order chi connectivity index (χ1) is 7.79. The second-order valence-corrected chi connectivity index (χ2v) is 4.20. The van der Waals surface area contributed by atoms with Gasteiger partial charge in [-0.1, -0.05) is 0 Å². The van der Waals surface area contributed by atoms with E-state index in [2.05, 4.69) is 41.8 Å². The average Bonchev–Trinajstić information content (AvgIpc) is 2.82. The van der Waals surface area contributed by atoms with Crippen molar-refractivity contribution in [2.75, 3.05) is 0 Å². The summed E-state index contributed by atoms with van der Waals surface area (Å²) in [6, 6.07) is 3.79. The third-order valence-corrected chi connectivity index (χ3v) is 2.66. The molecule has 0 aliphatic heterocycles. The molecular formula is C9H11BrN6. The van der Waals surface area contributed by atoms with E-state index in [9.17, 15) is 0 Å². The number of hydrogen-bond donors (Lipinski definition) is 3. The van der Waals surface area contributed by atoms with Gasteiger partial charge in [0.25, 0.3) is 0 Å². The Morgan fingerprint density at radius 3 is 2.88 bits per heavy atom. The molecule has 2 rings (SSSR count). The number of rotatable bonds is 4. The third-order valence-electron chi connectivity index (χ3n) is 2.19. The Labute approximate surface area is 101 Å². The topological polar surface area (TPSA) is 92.5 Å². The van der Waals surface area contributed by atoms with Crippen LogP contribution in [0.1, 0.15) is 17.4 Å². The number of nitrogens with two attached hydrogens (primary N) is 1. The summed E-state index contributed by atoms with van der Waals surface area (Å²) in [5, 5.41) is 10.3. The lowest BCUT2D eigenvalue weighted by molar-refractivity contribution is 0.531.